The van der Waals surface area contributed by atoms with Crippen LogP contribution in [0.15, 0.2) is 41.8 Å². The highest BCUT2D eigenvalue weighted by Crippen LogP contribution is 2.20. The van der Waals surface area contributed by atoms with Gasteiger partial charge in [0, 0.05) is 44.9 Å². The Morgan fingerprint density at radius 1 is 1.00 bits per heavy atom. The summed E-state index contributed by atoms with van der Waals surface area (Å²) < 4.78 is 40.8. The maximum Gasteiger partial charge on any atom is 0.411 e. The number of thiophene rings is 1. The van der Waals surface area contributed by atoms with Crippen LogP contribution in [0, 0.1) is 0 Å². The third-order valence-corrected chi connectivity index (χ3v) is 5.70. The first kappa shape index (κ1) is 22.5. The molecule has 1 aliphatic rings. The van der Waals surface area contributed by atoms with E-state index in [-0.39, 0.29) is 18.3 Å². The highest BCUT2D eigenvalue weighted by Gasteiger charge is 2.28. The molecule has 0 unspecified atom stereocenters. The lowest BCUT2D eigenvalue weighted by Crippen LogP contribution is -2.49. The van der Waals surface area contributed by atoms with Gasteiger partial charge in [-0.1, -0.05) is 24.3 Å². The lowest BCUT2D eigenvalue weighted by Gasteiger charge is -2.35. The third kappa shape index (κ3) is 6.13. The van der Waals surface area contributed by atoms with Crippen molar-refractivity contribution in [3.8, 4) is 0 Å². The first-order chi connectivity index (χ1) is 14.3. The van der Waals surface area contributed by atoms with E-state index in [2.05, 4.69) is 9.64 Å². The molecule has 0 spiro atoms. The molecule has 0 N–H and O–H groups in total. The molecular formula is C21H23F3N2O3S. The minimum Gasteiger partial charge on any atom is -0.372 e. The number of rotatable bonds is 8. The second-order valence-electron chi connectivity index (χ2n) is 7.01. The summed E-state index contributed by atoms with van der Waals surface area (Å²) in [7, 11) is 0. The standard InChI is InChI=1S/C21H23F3N2O3S/c22-21(23,24)15-29-13-4-8-25-9-11-26(12-10-25)20(28)17-6-2-1-5-16(17)19(27)18-7-3-14-30-18/h1-3,5-7,14H,4,8-13,15H2. The number of piperazine rings is 1. The molecule has 9 heteroatoms. The first-order valence-corrected chi connectivity index (χ1v) is 10.6. The largest absolute Gasteiger partial charge is 0.411 e. The maximum absolute atomic E-state index is 13.0. The monoisotopic (exact) mass is 440 g/mol. The van der Waals surface area contributed by atoms with Crippen LogP contribution in [0.4, 0.5) is 13.2 Å². The number of hydrogen-bond acceptors (Lipinski definition) is 5. The van der Waals surface area contributed by atoms with Gasteiger partial charge in [-0.3, -0.25) is 14.5 Å². The Morgan fingerprint density at radius 3 is 2.33 bits per heavy atom. The van der Waals surface area contributed by atoms with Crippen molar-refractivity contribution in [2.45, 2.75) is 12.6 Å². The van der Waals surface area contributed by atoms with Crippen molar-refractivity contribution >= 4 is 23.0 Å². The lowest BCUT2D eigenvalue weighted by molar-refractivity contribution is -0.174. The van der Waals surface area contributed by atoms with Crippen LogP contribution < -0.4 is 0 Å². The summed E-state index contributed by atoms with van der Waals surface area (Å²) in [5, 5.41) is 1.82. The Labute approximate surface area is 177 Å². The average molecular weight is 440 g/mol. The van der Waals surface area contributed by atoms with Crippen molar-refractivity contribution < 1.29 is 27.5 Å². The van der Waals surface area contributed by atoms with E-state index < -0.39 is 12.8 Å². The second-order valence-corrected chi connectivity index (χ2v) is 7.95. The average Bonchev–Trinajstić information content (AvgIpc) is 3.27. The van der Waals surface area contributed by atoms with E-state index in [4.69, 9.17) is 0 Å². The van der Waals surface area contributed by atoms with E-state index in [1.807, 2.05) is 5.38 Å². The first-order valence-electron chi connectivity index (χ1n) is 9.68. The summed E-state index contributed by atoms with van der Waals surface area (Å²) in [6, 6.07) is 10.4. The number of carbonyl (C=O) groups excluding carboxylic acids is 2. The SMILES string of the molecule is O=C(c1cccs1)c1ccccc1C(=O)N1CCN(CCCOCC(F)(F)F)CC1. The highest BCUT2D eigenvalue weighted by atomic mass is 32.1. The third-order valence-electron chi connectivity index (χ3n) is 4.84. The van der Waals surface area contributed by atoms with Crippen LogP contribution in [0.1, 0.15) is 32.0 Å². The Balaban J connectivity index is 1.51. The van der Waals surface area contributed by atoms with E-state index >= 15 is 0 Å². The molecule has 1 fully saturated rings. The van der Waals surface area contributed by atoms with Gasteiger partial charge < -0.3 is 9.64 Å². The zero-order chi connectivity index (χ0) is 21.6. The van der Waals surface area contributed by atoms with Crippen molar-refractivity contribution in [1.82, 2.24) is 9.80 Å². The Hall–Kier alpha value is -2.23. The fourth-order valence-corrected chi connectivity index (χ4v) is 4.01. The summed E-state index contributed by atoms with van der Waals surface area (Å²) in [6.45, 7) is 1.72. The zero-order valence-electron chi connectivity index (χ0n) is 16.4. The summed E-state index contributed by atoms with van der Waals surface area (Å²) in [6.07, 6.45) is -3.80. The van der Waals surface area contributed by atoms with Gasteiger partial charge >= 0.3 is 6.18 Å². The minimum absolute atomic E-state index is 0.0524. The number of amides is 1. The fraction of sp³-hybridized carbons (Fsp3) is 0.429. The molecule has 30 heavy (non-hydrogen) atoms. The van der Waals surface area contributed by atoms with Gasteiger partial charge in [-0.25, -0.2) is 0 Å². The summed E-state index contributed by atoms with van der Waals surface area (Å²) >= 11 is 1.34. The van der Waals surface area contributed by atoms with E-state index in [9.17, 15) is 22.8 Å². The van der Waals surface area contributed by atoms with Crippen molar-refractivity contribution in [1.29, 1.82) is 0 Å². The number of carbonyl (C=O) groups is 2. The molecule has 1 amide bonds. The molecule has 1 aromatic heterocycles. The fourth-order valence-electron chi connectivity index (χ4n) is 3.33. The summed E-state index contributed by atoms with van der Waals surface area (Å²) in [5.41, 5.74) is 0.791. The number of halogens is 3. The van der Waals surface area contributed by atoms with Gasteiger partial charge in [-0.05, 0) is 23.9 Å². The molecule has 2 heterocycles. The van der Waals surface area contributed by atoms with E-state index in [1.165, 1.54) is 11.3 Å². The number of hydrogen-bond donors (Lipinski definition) is 0. The molecule has 3 rings (SSSR count). The van der Waals surface area contributed by atoms with Crippen molar-refractivity contribution in [2.75, 3.05) is 45.9 Å². The van der Waals surface area contributed by atoms with Crippen LogP contribution >= 0.6 is 11.3 Å². The van der Waals surface area contributed by atoms with Crippen molar-refractivity contribution in [3.05, 3.63) is 57.8 Å². The normalized spacial score (nSPS) is 15.4. The molecule has 1 saturated heterocycles. The topological polar surface area (TPSA) is 49.9 Å². The number of benzene rings is 1. The van der Waals surface area contributed by atoms with Gasteiger partial charge in [0.1, 0.15) is 6.61 Å². The van der Waals surface area contributed by atoms with Gasteiger partial charge in [0.05, 0.1) is 10.4 Å². The van der Waals surface area contributed by atoms with Crippen LogP contribution in [-0.4, -0.2) is 73.6 Å². The molecular weight excluding hydrogens is 417 g/mol. The number of ketones is 1. The van der Waals surface area contributed by atoms with Crippen LogP contribution in [-0.2, 0) is 4.74 Å². The van der Waals surface area contributed by atoms with Crippen molar-refractivity contribution in [2.24, 2.45) is 0 Å². The van der Waals surface area contributed by atoms with Crippen LogP contribution in [0.5, 0.6) is 0 Å². The smallest absolute Gasteiger partial charge is 0.372 e. The minimum atomic E-state index is -4.30. The highest BCUT2D eigenvalue weighted by molar-refractivity contribution is 7.12. The predicted molar refractivity (Wildman–Crippen MR) is 108 cm³/mol. The lowest BCUT2D eigenvalue weighted by atomic mass is 10.0. The Morgan fingerprint density at radius 2 is 1.70 bits per heavy atom. The van der Waals surface area contributed by atoms with Crippen LogP contribution in [0.2, 0.25) is 0 Å². The maximum atomic E-state index is 13.0. The molecule has 0 saturated carbocycles. The molecule has 162 valence electrons. The molecule has 0 atom stereocenters. The molecule has 5 nitrogen and oxygen atoms in total. The quantitative estimate of drug-likeness (QED) is 0.464. The van der Waals surface area contributed by atoms with Gasteiger partial charge in [0.25, 0.3) is 5.91 Å². The zero-order valence-corrected chi connectivity index (χ0v) is 17.2. The molecule has 1 aliphatic heterocycles. The number of nitrogens with zero attached hydrogens (tertiary/aromatic N) is 2. The van der Waals surface area contributed by atoms with Gasteiger partial charge in [-0.15, -0.1) is 11.3 Å². The summed E-state index contributed by atoms with van der Waals surface area (Å²) in [5.74, 6) is -0.338. The van der Waals surface area contributed by atoms with Gasteiger partial charge in [-0.2, -0.15) is 13.2 Å². The number of ether oxygens (including phenoxy) is 1. The van der Waals surface area contributed by atoms with E-state index in [0.717, 1.165) is 0 Å². The predicted octanol–water partition coefficient (Wildman–Crippen LogP) is 3.71. The van der Waals surface area contributed by atoms with Crippen molar-refractivity contribution in [3.63, 3.8) is 0 Å². The molecule has 0 bridgehead atoms. The van der Waals surface area contributed by atoms with E-state index in [1.54, 1.807) is 41.3 Å². The van der Waals surface area contributed by atoms with Crippen LogP contribution in [0.25, 0.3) is 0 Å². The molecule has 1 aromatic carbocycles. The van der Waals surface area contributed by atoms with Gasteiger partial charge in [0.2, 0.25) is 5.78 Å². The summed E-state index contributed by atoms with van der Waals surface area (Å²) in [4.78, 5) is 30.2. The number of alkyl halides is 3. The van der Waals surface area contributed by atoms with Crippen LogP contribution in [0.3, 0.4) is 0 Å². The Bertz CT molecular complexity index is 847. The molecule has 2 aromatic rings. The molecule has 0 aliphatic carbocycles. The van der Waals surface area contributed by atoms with Gasteiger partial charge in [0.15, 0.2) is 0 Å². The second kappa shape index (κ2) is 10.2. The Kier molecular flexibility index (Phi) is 7.63. The van der Waals surface area contributed by atoms with E-state index in [0.29, 0.717) is 55.1 Å². The molecule has 0 radical (unpaired) electrons.